The molecule has 0 saturated heterocycles. The van der Waals surface area contributed by atoms with E-state index in [1.165, 1.54) is 0 Å². The van der Waals surface area contributed by atoms with Gasteiger partial charge in [0.05, 0.1) is 0 Å². The molecule has 0 aliphatic rings. The van der Waals surface area contributed by atoms with Crippen molar-refractivity contribution in [2.45, 2.75) is 13.5 Å². The monoisotopic (exact) mass is 266 g/mol. The number of hydrogen-bond acceptors (Lipinski definition) is 4. The summed E-state index contributed by atoms with van der Waals surface area (Å²) in [6.45, 7) is 2.57. The second-order valence-corrected chi connectivity index (χ2v) is 3.60. The smallest absolute Gasteiger partial charge is 0.193 e. The van der Waals surface area contributed by atoms with E-state index < -0.39 is 0 Å². The molecule has 0 atom stereocenters. The van der Waals surface area contributed by atoms with Crippen LogP contribution in [0.25, 0.3) is 11.5 Å². The van der Waals surface area contributed by atoms with Gasteiger partial charge >= 0.3 is 0 Å². The van der Waals surface area contributed by atoms with Crippen LogP contribution in [0.15, 0.2) is 21.2 Å². The fourth-order valence-electron chi connectivity index (χ4n) is 1.30. The predicted molar refractivity (Wildman–Crippen MR) is 55.8 cm³/mol. The summed E-state index contributed by atoms with van der Waals surface area (Å²) in [5, 5.41) is 16.5. The first-order valence-electron chi connectivity index (χ1n) is 4.35. The van der Waals surface area contributed by atoms with Crippen LogP contribution in [0.2, 0.25) is 0 Å². The molecular weight excluding hydrogens is 260 g/mol. The van der Waals surface area contributed by atoms with Crippen LogP contribution >= 0.6 is 15.9 Å². The molecule has 0 spiro atoms. The number of aromatic nitrogens is 3. The zero-order chi connectivity index (χ0) is 10.8. The van der Waals surface area contributed by atoms with Gasteiger partial charge in [-0.25, -0.2) is 4.68 Å². The lowest BCUT2D eigenvalue weighted by atomic mass is 10.2. The molecule has 0 bridgehead atoms. The van der Waals surface area contributed by atoms with Gasteiger partial charge in [0.2, 0.25) is 0 Å². The molecule has 0 radical (unpaired) electrons. The summed E-state index contributed by atoms with van der Waals surface area (Å²) in [4.78, 5) is 0. The molecular formula is C9H7BrN4O. The molecule has 0 amide bonds. The first kappa shape index (κ1) is 9.93. The molecule has 0 aromatic carbocycles. The van der Waals surface area contributed by atoms with E-state index in [1.54, 1.807) is 16.8 Å². The number of furan rings is 1. The summed E-state index contributed by atoms with van der Waals surface area (Å²) in [6.07, 6.45) is 0. The van der Waals surface area contributed by atoms with Crippen LogP contribution in [0.5, 0.6) is 0 Å². The molecule has 0 saturated carbocycles. The van der Waals surface area contributed by atoms with Crippen LogP contribution < -0.4 is 0 Å². The van der Waals surface area contributed by atoms with Gasteiger partial charge in [0.25, 0.3) is 0 Å². The number of aryl methyl sites for hydroxylation is 1. The second kappa shape index (κ2) is 3.87. The Morgan fingerprint density at radius 1 is 1.60 bits per heavy atom. The lowest BCUT2D eigenvalue weighted by molar-refractivity contribution is 0.541. The topological polar surface area (TPSA) is 67.6 Å². The van der Waals surface area contributed by atoms with Crippen molar-refractivity contribution in [3.8, 4) is 17.5 Å². The van der Waals surface area contributed by atoms with Crippen molar-refractivity contribution in [3.05, 3.63) is 22.5 Å². The predicted octanol–water partition coefficient (Wildman–Crippen LogP) is 2.19. The van der Waals surface area contributed by atoms with E-state index in [0.29, 0.717) is 22.7 Å². The molecule has 2 heterocycles. The van der Waals surface area contributed by atoms with Crippen molar-refractivity contribution in [1.29, 1.82) is 5.26 Å². The van der Waals surface area contributed by atoms with Crippen LogP contribution in [0.3, 0.4) is 0 Å². The molecule has 5 nitrogen and oxygen atoms in total. The van der Waals surface area contributed by atoms with Gasteiger partial charge in [-0.15, -0.1) is 5.10 Å². The number of nitrogens with zero attached hydrogens (tertiary/aromatic N) is 4. The third-order valence-electron chi connectivity index (χ3n) is 1.95. The molecule has 0 fully saturated rings. The highest BCUT2D eigenvalue weighted by Gasteiger charge is 2.16. The molecule has 2 aromatic heterocycles. The van der Waals surface area contributed by atoms with Gasteiger partial charge in [-0.1, -0.05) is 5.21 Å². The molecule has 15 heavy (non-hydrogen) atoms. The SMILES string of the molecule is CCn1nnc(C#N)c1-c1ccc(Br)o1. The van der Waals surface area contributed by atoms with Crippen molar-refractivity contribution in [2.24, 2.45) is 0 Å². The Balaban J connectivity index is 2.60. The minimum absolute atomic E-state index is 0.277. The van der Waals surface area contributed by atoms with E-state index in [9.17, 15) is 0 Å². The highest BCUT2D eigenvalue weighted by Crippen LogP contribution is 2.26. The van der Waals surface area contributed by atoms with Crippen molar-refractivity contribution < 1.29 is 4.42 Å². The van der Waals surface area contributed by atoms with Crippen molar-refractivity contribution in [1.82, 2.24) is 15.0 Å². The van der Waals surface area contributed by atoms with Crippen molar-refractivity contribution in [3.63, 3.8) is 0 Å². The zero-order valence-corrected chi connectivity index (χ0v) is 9.52. The van der Waals surface area contributed by atoms with E-state index in [4.69, 9.17) is 9.68 Å². The van der Waals surface area contributed by atoms with E-state index >= 15 is 0 Å². The van der Waals surface area contributed by atoms with Crippen molar-refractivity contribution in [2.75, 3.05) is 0 Å². The van der Waals surface area contributed by atoms with Gasteiger partial charge in [-0.05, 0) is 35.0 Å². The average molecular weight is 267 g/mol. The normalized spacial score (nSPS) is 10.2. The third-order valence-corrected chi connectivity index (χ3v) is 2.37. The van der Waals surface area contributed by atoms with Crippen LogP contribution in [0.1, 0.15) is 12.6 Å². The quantitative estimate of drug-likeness (QED) is 0.836. The minimum Gasteiger partial charge on any atom is -0.448 e. The molecule has 0 aliphatic carbocycles. The maximum Gasteiger partial charge on any atom is 0.193 e. The maximum absolute atomic E-state index is 8.88. The summed E-state index contributed by atoms with van der Waals surface area (Å²) in [5.74, 6) is 0.588. The Kier molecular flexibility index (Phi) is 2.56. The molecule has 6 heteroatoms. The van der Waals surface area contributed by atoms with E-state index in [1.807, 2.05) is 13.0 Å². The number of hydrogen-bond donors (Lipinski definition) is 0. The Hall–Kier alpha value is -1.61. The standard InChI is InChI=1S/C9H7BrN4O/c1-2-14-9(6(5-11)12-13-14)7-3-4-8(10)15-7/h3-4H,2H2,1H3. The van der Waals surface area contributed by atoms with Gasteiger partial charge in [0.1, 0.15) is 11.8 Å². The van der Waals surface area contributed by atoms with E-state index in [2.05, 4.69) is 26.2 Å². The molecule has 0 unspecified atom stereocenters. The Morgan fingerprint density at radius 2 is 2.40 bits per heavy atom. The minimum atomic E-state index is 0.277. The zero-order valence-electron chi connectivity index (χ0n) is 7.94. The molecule has 76 valence electrons. The lowest BCUT2D eigenvalue weighted by Gasteiger charge is -1.99. The number of halogens is 1. The molecule has 0 N–H and O–H groups in total. The highest BCUT2D eigenvalue weighted by atomic mass is 79.9. The first-order chi connectivity index (χ1) is 7.26. The fraction of sp³-hybridized carbons (Fsp3) is 0.222. The second-order valence-electron chi connectivity index (χ2n) is 2.82. The van der Waals surface area contributed by atoms with Gasteiger partial charge in [-0.3, -0.25) is 0 Å². The first-order valence-corrected chi connectivity index (χ1v) is 5.15. The van der Waals surface area contributed by atoms with E-state index in [0.717, 1.165) is 0 Å². The van der Waals surface area contributed by atoms with Gasteiger partial charge in [-0.2, -0.15) is 5.26 Å². The van der Waals surface area contributed by atoms with Crippen LogP contribution in [-0.2, 0) is 6.54 Å². The summed E-state index contributed by atoms with van der Waals surface area (Å²) >= 11 is 3.21. The van der Waals surface area contributed by atoms with Gasteiger partial charge in [0, 0.05) is 6.54 Å². The van der Waals surface area contributed by atoms with Crippen LogP contribution in [-0.4, -0.2) is 15.0 Å². The summed E-state index contributed by atoms with van der Waals surface area (Å²) < 4.78 is 7.62. The third kappa shape index (κ3) is 1.66. The summed E-state index contributed by atoms with van der Waals surface area (Å²) in [7, 11) is 0. The Bertz CT molecular complexity index is 522. The van der Waals surface area contributed by atoms with Crippen molar-refractivity contribution >= 4 is 15.9 Å². The fourth-order valence-corrected chi connectivity index (χ4v) is 1.60. The maximum atomic E-state index is 8.88. The van der Waals surface area contributed by atoms with Crippen LogP contribution in [0, 0.1) is 11.3 Å². The Labute approximate surface area is 94.4 Å². The van der Waals surface area contributed by atoms with Gasteiger partial charge in [0.15, 0.2) is 16.1 Å². The molecule has 2 aromatic rings. The number of rotatable bonds is 2. The van der Waals surface area contributed by atoms with E-state index in [-0.39, 0.29) is 5.69 Å². The average Bonchev–Trinajstić information content (AvgIpc) is 2.82. The summed E-state index contributed by atoms with van der Waals surface area (Å²) in [5.41, 5.74) is 0.893. The molecule has 2 rings (SSSR count). The number of nitriles is 1. The largest absolute Gasteiger partial charge is 0.448 e. The summed E-state index contributed by atoms with van der Waals surface area (Å²) in [6, 6.07) is 5.53. The van der Waals surface area contributed by atoms with Gasteiger partial charge < -0.3 is 4.42 Å². The lowest BCUT2D eigenvalue weighted by Crippen LogP contribution is -1.98. The van der Waals surface area contributed by atoms with Crippen LogP contribution in [0.4, 0.5) is 0 Å². The molecule has 0 aliphatic heterocycles. The Morgan fingerprint density at radius 3 is 2.93 bits per heavy atom. The highest BCUT2D eigenvalue weighted by molar-refractivity contribution is 9.10.